The van der Waals surface area contributed by atoms with Crippen molar-refractivity contribution in [2.75, 3.05) is 18.9 Å². The summed E-state index contributed by atoms with van der Waals surface area (Å²) < 4.78 is 11.0. The molecule has 0 amide bonds. The third-order valence-electron chi connectivity index (χ3n) is 3.28. The Hall–Kier alpha value is -2.49. The number of hydrogen-bond donors (Lipinski definition) is 1. The number of carbonyl (C=O) groups excluding carboxylic acids is 1. The Morgan fingerprint density at radius 1 is 1.10 bits per heavy atom. The van der Waals surface area contributed by atoms with Crippen LogP contribution >= 0.6 is 0 Å². The third kappa shape index (κ3) is 2.20. The zero-order valence-corrected chi connectivity index (χ0v) is 11.2. The first-order valence-corrected chi connectivity index (χ1v) is 6.45. The van der Waals surface area contributed by atoms with Crippen LogP contribution in [-0.2, 0) is 0 Å². The zero-order valence-electron chi connectivity index (χ0n) is 11.2. The van der Waals surface area contributed by atoms with E-state index in [4.69, 9.17) is 15.2 Å². The number of hydrogen-bond acceptors (Lipinski definition) is 4. The van der Waals surface area contributed by atoms with Crippen LogP contribution in [0.3, 0.4) is 0 Å². The third-order valence-corrected chi connectivity index (χ3v) is 3.28. The van der Waals surface area contributed by atoms with E-state index >= 15 is 0 Å². The summed E-state index contributed by atoms with van der Waals surface area (Å²) in [7, 11) is 0. The minimum atomic E-state index is -0.0632. The highest BCUT2D eigenvalue weighted by Crippen LogP contribution is 2.33. The van der Waals surface area contributed by atoms with E-state index in [0.717, 1.165) is 5.56 Å². The van der Waals surface area contributed by atoms with Crippen LogP contribution in [-0.4, -0.2) is 19.0 Å². The van der Waals surface area contributed by atoms with Crippen molar-refractivity contribution >= 4 is 11.5 Å². The standard InChI is InChI=1S/C16H15NO3/c1-10-7-14-15(20-6-5-19-14)9-13(10)16(18)11-3-2-4-12(17)8-11/h2-4,7-9H,5-6,17H2,1H3. The number of aryl methyl sites for hydroxylation is 1. The van der Waals surface area contributed by atoms with Crippen LogP contribution in [0.1, 0.15) is 21.5 Å². The molecular formula is C16H15NO3. The predicted molar refractivity (Wildman–Crippen MR) is 76.5 cm³/mol. The molecule has 0 bridgehead atoms. The molecule has 1 heterocycles. The van der Waals surface area contributed by atoms with Crippen molar-refractivity contribution in [1.82, 2.24) is 0 Å². The van der Waals surface area contributed by atoms with Gasteiger partial charge < -0.3 is 15.2 Å². The molecule has 3 rings (SSSR count). The summed E-state index contributed by atoms with van der Waals surface area (Å²) in [5.41, 5.74) is 8.35. The lowest BCUT2D eigenvalue weighted by Crippen LogP contribution is -2.16. The second-order valence-electron chi connectivity index (χ2n) is 4.77. The molecule has 0 aliphatic carbocycles. The summed E-state index contributed by atoms with van der Waals surface area (Å²) in [6.45, 7) is 2.93. The fourth-order valence-corrected chi connectivity index (χ4v) is 2.27. The van der Waals surface area contributed by atoms with Crippen LogP contribution < -0.4 is 15.2 Å². The molecule has 2 N–H and O–H groups in total. The van der Waals surface area contributed by atoms with E-state index in [2.05, 4.69) is 0 Å². The summed E-state index contributed by atoms with van der Waals surface area (Å²) in [5, 5.41) is 0. The van der Waals surface area contributed by atoms with Crippen molar-refractivity contribution in [3.8, 4) is 11.5 Å². The number of benzene rings is 2. The highest BCUT2D eigenvalue weighted by molar-refractivity contribution is 6.10. The predicted octanol–water partition coefficient (Wildman–Crippen LogP) is 2.58. The maximum atomic E-state index is 12.6. The molecule has 2 aromatic carbocycles. The smallest absolute Gasteiger partial charge is 0.193 e. The van der Waals surface area contributed by atoms with Crippen LogP contribution in [0.25, 0.3) is 0 Å². The van der Waals surface area contributed by atoms with Crippen LogP contribution in [0.5, 0.6) is 11.5 Å². The Kier molecular flexibility index (Phi) is 3.06. The van der Waals surface area contributed by atoms with E-state index in [1.807, 2.05) is 13.0 Å². The maximum Gasteiger partial charge on any atom is 0.193 e. The first-order chi connectivity index (χ1) is 9.65. The number of ether oxygens (including phenoxy) is 2. The summed E-state index contributed by atoms with van der Waals surface area (Å²) in [4.78, 5) is 12.6. The van der Waals surface area contributed by atoms with E-state index in [1.54, 1.807) is 30.3 Å². The number of carbonyl (C=O) groups is 1. The Labute approximate surface area is 117 Å². The van der Waals surface area contributed by atoms with Gasteiger partial charge in [-0.1, -0.05) is 12.1 Å². The van der Waals surface area contributed by atoms with Gasteiger partial charge in [0.2, 0.25) is 0 Å². The molecule has 20 heavy (non-hydrogen) atoms. The summed E-state index contributed by atoms with van der Waals surface area (Å²) in [5.74, 6) is 1.25. The summed E-state index contributed by atoms with van der Waals surface area (Å²) in [6.07, 6.45) is 0. The molecule has 0 saturated heterocycles. The zero-order chi connectivity index (χ0) is 14.1. The van der Waals surface area contributed by atoms with Gasteiger partial charge >= 0.3 is 0 Å². The Balaban J connectivity index is 2.03. The van der Waals surface area contributed by atoms with E-state index in [-0.39, 0.29) is 5.78 Å². The average molecular weight is 269 g/mol. The van der Waals surface area contributed by atoms with Gasteiger partial charge in [0, 0.05) is 16.8 Å². The van der Waals surface area contributed by atoms with Crippen LogP contribution in [0.4, 0.5) is 5.69 Å². The number of rotatable bonds is 2. The minimum absolute atomic E-state index is 0.0632. The number of fused-ring (bicyclic) bond motifs is 1. The summed E-state index contributed by atoms with van der Waals surface area (Å²) in [6, 6.07) is 10.6. The molecule has 102 valence electrons. The molecule has 0 fully saturated rings. The Morgan fingerprint density at radius 3 is 2.50 bits per heavy atom. The molecule has 0 aromatic heterocycles. The molecular weight excluding hydrogens is 254 g/mol. The molecule has 2 aromatic rings. The lowest BCUT2D eigenvalue weighted by atomic mass is 9.98. The molecule has 1 aliphatic heterocycles. The topological polar surface area (TPSA) is 61.6 Å². The van der Waals surface area contributed by atoms with Crippen LogP contribution in [0.2, 0.25) is 0 Å². The largest absolute Gasteiger partial charge is 0.486 e. The van der Waals surface area contributed by atoms with E-state index < -0.39 is 0 Å². The van der Waals surface area contributed by atoms with Crippen molar-refractivity contribution in [1.29, 1.82) is 0 Å². The normalized spacial score (nSPS) is 13.1. The minimum Gasteiger partial charge on any atom is -0.486 e. The van der Waals surface area contributed by atoms with Gasteiger partial charge in [-0.3, -0.25) is 4.79 Å². The maximum absolute atomic E-state index is 12.6. The quantitative estimate of drug-likeness (QED) is 0.672. The van der Waals surface area contributed by atoms with Gasteiger partial charge in [-0.25, -0.2) is 0 Å². The monoisotopic (exact) mass is 269 g/mol. The molecule has 4 heteroatoms. The fourth-order valence-electron chi connectivity index (χ4n) is 2.27. The van der Waals surface area contributed by atoms with Gasteiger partial charge in [-0.05, 0) is 36.8 Å². The van der Waals surface area contributed by atoms with Crippen molar-refractivity contribution in [2.45, 2.75) is 6.92 Å². The van der Waals surface area contributed by atoms with E-state index in [9.17, 15) is 4.79 Å². The number of nitrogen functional groups attached to an aromatic ring is 1. The fraction of sp³-hybridized carbons (Fsp3) is 0.188. The number of ketones is 1. The molecule has 1 aliphatic rings. The van der Waals surface area contributed by atoms with E-state index in [1.165, 1.54) is 0 Å². The first-order valence-electron chi connectivity index (χ1n) is 6.45. The molecule has 0 saturated carbocycles. The van der Waals surface area contributed by atoms with Gasteiger partial charge in [-0.15, -0.1) is 0 Å². The second kappa shape index (κ2) is 4.89. The lowest BCUT2D eigenvalue weighted by molar-refractivity contribution is 0.103. The van der Waals surface area contributed by atoms with Gasteiger partial charge in [-0.2, -0.15) is 0 Å². The van der Waals surface area contributed by atoms with Crippen LogP contribution in [0.15, 0.2) is 36.4 Å². The second-order valence-corrected chi connectivity index (χ2v) is 4.77. The highest BCUT2D eigenvalue weighted by Gasteiger charge is 2.18. The molecule has 4 nitrogen and oxygen atoms in total. The molecule has 0 unspecified atom stereocenters. The Morgan fingerprint density at radius 2 is 1.80 bits per heavy atom. The average Bonchev–Trinajstić information content (AvgIpc) is 2.46. The van der Waals surface area contributed by atoms with Gasteiger partial charge in [0.05, 0.1) is 0 Å². The summed E-state index contributed by atoms with van der Waals surface area (Å²) >= 11 is 0. The van der Waals surface area contributed by atoms with Crippen molar-refractivity contribution in [3.05, 3.63) is 53.1 Å². The molecule has 0 spiro atoms. The Bertz CT molecular complexity index is 679. The van der Waals surface area contributed by atoms with Crippen molar-refractivity contribution in [2.24, 2.45) is 0 Å². The van der Waals surface area contributed by atoms with Gasteiger partial charge in [0.25, 0.3) is 0 Å². The van der Waals surface area contributed by atoms with E-state index in [0.29, 0.717) is 41.5 Å². The number of anilines is 1. The molecule has 0 radical (unpaired) electrons. The molecule has 0 atom stereocenters. The number of nitrogens with two attached hydrogens (primary N) is 1. The van der Waals surface area contributed by atoms with Gasteiger partial charge in [0.1, 0.15) is 13.2 Å². The first kappa shape index (κ1) is 12.5. The van der Waals surface area contributed by atoms with Crippen LogP contribution in [0, 0.1) is 6.92 Å². The van der Waals surface area contributed by atoms with Crippen molar-refractivity contribution in [3.63, 3.8) is 0 Å². The SMILES string of the molecule is Cc1cc2c(cc1C(=O)c1cccc(N)c1)OCCO2. The van der Waals surface area contributed by atoms with Gasteiger partial charge in [0.15, 0.2) is 17.3 Å². The highest BCUT2D eigenvalue weighted by atomic mass is 16.6. The van der Waals surface area contributed by atoms with Crippen molar-refractivity contribution < 1.29 is 14.3 Å². The lowest BCUT2D eigenvalue weighted by Gasteiger charge is -2.20.